The van der Waals surface area contributed by atoms with E-state index < -0.39 is 0 Å². The molecule has 0 aliphatic heterocycles. The van der Waals surface area contributed by atoms with Crippen LogP contribution < -0.4 is 0 Å². The maximum absolute atomic E-state index is 5.36. The lowest BCUT2D eigenvalue weighted by molar-refractivity contribution is -0.174. The van der Waals surface area contributed by atoms with Gasteiger partial charge >= 0.3 is 0 Å². The molecule has 0 unspecified atom stereocenters. The Morgan fingerprint density at radius 1 is 1.10 bits per heavy atom. The van der Waals surface area contributed by atoms with E-state index in [2.05, 4.69) is 0 Å². The van der Waals surface area contributed by atoms with Crippen molar-refractivity contribution in [3.05, 3.63) is 35.9 Å². The van der Waals surface area contributed by atoms with E-state index in [1.807, 2.05) is 30.3 Å². The van der Waals surface area contributed by atoms with Gasteiger partial charge in [-0.3, -0.25) is 0 Å². The van der Waals surface area contributed by atoms with Crippen molar-refractivity contribution in [1.29, 1.82) is 0 Å². The summed E-state index contributed by atoms with van der Waals surface area (Å²) in [4.78, 5) is 0. The standard InChI is InChI=1S/C7H6Cl2N/c8-10(9)6-7-4-2-1-3-5-7/h1-6H/q+1. The van der Waals surface area contributed by atoms with E-state index in [0.717, 1.165) is 9.18 Å². The molecule has 0 aliphatic rings. The Labute approximate surface area is 69.7 Å². The highest BCUT2D eigenvalue weighted by molar-refractivity contribution is 6.23. The number of rotatable bonds is 1. The lowest BCUT2D eigenvalue weighted by Gasteiger charge is -1.83. The van der Waals surface area contributed by atoms with Crippen molar-refractivity contribution in [2.75, 3.05) is 0 Å². The van der Waals surface area contributed by atoms with Crippen LogP contribution >= 0.6 is 23.6 Å². The summed E-state index contributed by atoms with van der Waals surface area (Å²) in [5, 5.41) is 0. The Morgan fingerprint density at radius 2 is 1.70 bits per heavy atom. The summed E-state index contributed by atoms with van der Waals surface area (Å²) in [6.07, 6.45) is 1.61. The van der Waals surface area contributed by atoms with Crippen LogP contribution in [-0.2, 0) is 0 Å². The zero-order valence-corrected chi connectivity index (χ0v) is 6.68. The fraction of sp³-hybridized carbons (Fsp3) is 0. The third kappa shape index (κ3) is 2.38. The molecule has 0 saturated carbocycles. The van der Waals surface area contributed by atoms with Gasteiger partial charge in [-0.1, -0.05) is 18.2 Å². The molecular formula is C7H6Cl2N+. The SMILES string of the molecule is Cl[N+](Cl)=Cc1ccccc1. The third-order valence-electron chi connectivity index (χ3n) is 1.05. The molecule has 0 heterocycles. The Kier molecular flexibility index (Phi) is 2.72. The largest absolute Gasteiger partial charge is 0.286 e. The highest BCUT2D eigenvalue weighted by Gasteiger charge is 1.94. The van der Waals surface area contributed by atoms with Crippen molar-refractivity contribution in [2.45, 2.75) is 0 Å². The van der Waals surface area contributed by atoms with E-state index in [0.29, 0.717) is 0 Å². The van der Waals surface area contributed by atoms with Crippen molar-refractivity contribution >= 4 is 29.8 Å². The molecule has 0 fully saturated rings. The maximum Gasteiger partial charge on any atom is 0.286 e. The minimum atomic E-state index is 0.979. The number of benzene rings is 1. The van der Waals surface area contributed by atoms with Gasteiger partial charge in [-0.15, -0.1) is 0 Å². The van der Waals surface area contributed by atoms with Crippen LogP contribution in [0, 0.1) is 0 Å². The van der Waals surface area contributed by atoms with Crippen LogP contribution in [0.25, 0.3) is 0 Å². The molecule has 10 heavy (non-hydrogen) atoms. The Morgan fingerprint density at radius 3 is 2.20 bits per heavy atom. The zero-order valence-electron chi connectivity index (χ0n) is 5.17. The predicted octanol–water partition coefficient (Wildman–Crippen LogP) is 2.43. The van der Waals surface area contributed by atoms with Crippen LogP contribution in [0.15, 0.2) is 30.3 Å². The van der Waals surface area contributed by atoms with Gasteiger partial charge in [0.15, 0.2) is 0 Å². The van der Waals surface area contributed by atoms with Gasteiger partial charge in [0.25, 0.3) is 23.6 Å². The van der Waals surface area contributed by atoms with E-state index in [1.54, 1.807) is 6.21 Å². The highest BCUT2D eigenvalue weighted by atomic mass is 35.5. The first kappa shape index (κ1) is 7.58. The van der Waals surface area contributed by atoms with E-state index >= 15 is 0 Å². The first-order valence-electron chi connectivity index (χ1n) is 2.80. The molecule has 1 aromatic rings. The third-order valence-corrected chi connectivity index (χ3v) is 1.24. The van der Waals surface area contributed by atoms with Crippen LogP contribution in [0.3, 0.4) is 0 Å². The normalized spacial score (nSPS) is 9.00. The van der Waals surface area contributed by atoms with Crippen molar-refractivity contribution < 1.29 is 3.61 Å². The summed E-state index contributed by atoms with van der Waals surface area (Å²) < 4.78 is 0.981. The first-order valence-corrected chi connectivity index (χ1v) is 3.47. The number of nitrogens with zero attached hydrogens (tertiary/aromatic N) is 1. The van der Waals surface area contributed by atoms with Crippen molar-refractivity contribution in [1.82, 2.24) is 0 Å². The molecule has 0 radical (unpaired) electrons. The molecule has 0 spiro atoms. The average molecular weight is 175 g/mol. The van der Waals surface area contributed by atoms with Gasteiger partial charge in [-0.05, 0) is 15.7 Å². The summed E-state index contributed by atoms with van der Waals surface area (Å²) in [7, 11) is 0. The van der Waals surface area contributed by atoms with Gasteiger partial charge < -0.3 is 0 Å². The van der Waals surface area contributed by atoms with Gasteiger partial charge in [0.05, 0.1) is 0 Å². The van der Waals surface area contributed by atoms with Crippen LogP contribution in [0.2, 0.25) is 0 Å². The second kappa shape index (κ2) is 3.59. The van der Waals surface area contributed by atoms with Crippen molar-refractivity contribution in [3.8, 4) is 0 Å². The van der Waals surface area contributed by atoms with Gasteiger partial charge in [-0.2, -0.15) is 0 Å². The smallest absolute Gasteiger partial charge is 0.0622 e. The van der Waals surface area contributed by atoms with Crippen molar-refractivity contribution in [3.63, 3.8) is 0 Å². The quantitative estimate of drug-likeness (QED) is 0.455. The summed E-state index contributed by atoms with van der Waals surface area (Å²) in [6.45, 7) is 0. The summed E-state index contributed by atoms with van der Waals surface area (Å²) in [6, 6.07) is 9.60. The summed E-state index contributed by atoms with van der Waals surface area (Å²) >= 11 is 10.7. The highest BCUT2D eigenvalue weighted by Crippen LogP contribution is 1.96. The van der Waals surface area contributed by atoms with Crippen LogP contribution in [0.4, 0.5) is 0 Å². The predicted molar refractivity (Wildman–Crippen MR) is 43.6 cm³/mol. The van der Waals surface area contributed by atoms with E-state index in [9.17, 15) is 0 Å². The fourth-order valence-corrected chi connectivity index (χ4v) is 0.877. The van der Waals surface area contributed by atoms with E-state index in [1.165, 1.54) is 0 Å². The molecule has 1 aromatic carbocycles. The molecule has 0 aromatic heterocycles. The number of halogens is 2. The zero-order chi connectivity index (χ0) is 7.40. The Balaban J connectivity index is 2.87. The van der Waals surface area contributed by atoms with Crippen LogP contribution in [0.5, 0.6) is 0 Å². The van der Waals surface area contributed by atoms with Crippen LogP contribution in [-0.4, -0.2) is 9.83 Å². The molecule has 1 rings (SSSR count). The average Bonchev–Trinajstić information content (AvgIpc) is 1.88. The van der Waals surface area contributed by atoms with Gasteiger partial charge in [0.1, 0.15) is 0 Å². The summed E-state index contributed by atoms with van der Waals surface area (Å²) in [5.74, 6) is 0. The fourth-order valence-electron chi connectivity index (χ4n) is 0.652. The minimum absolute atomic E-state index is 0.979. The number of hydrogen-bond acceptors (Lipinski definition) is 0. The molecule has 52 valence electrons. The Hall–Kier alpha value is -0.530. The van der Waals surface area contributed by atoms with Gasteiger partial charge in [0.2, 0.25) is 6.21 Å². The molecule has 0 atom stereocenters. The second-order valence-electron chi connectivity index (χ2n) is 1.80. The maximum atomic E-state index is 5.36. The monoisotopic (exact) mass is 174 g/mol. The lowest BCUT2D eigenvalue weighted by Crippen LogP contribution is -1.86. The summed E-state index contributed by atoms with van der Waals surface area (Å²) in [5.41, 5.74) is 0.979. The molecule has 0 amide bonds. The van der Waals surface area contributed by atoms with E-state index in [4.69, 9.17) is 23.6 Å². The van der Waals surface area contributed by atoms with Gasteiger partial charge in [-0.25, -0.2) is 0 Å². The Bertz CT molecular complexity index is 227. The molecule has 0 saturated heterocycles. The molecular weight excluding hydrogens is 169 g/mol. The first-order chi connectivity index (χ1) is 4.79. The molecule has 0 aliphatic carbocycles. The molecule has 1 nitrogen and oxygen atoms in total. The lowest BCUT2D eigenvalue weighted by atomic mass is 10.2. The molecule has 0 N–H and O–H groups in total. The number of hydrogen-bond donors (Lipinski definition) is 0. The van der Waals surface area contributed by atoms with Crippen molar-refractivity contribution in [2.24, 2.45) is 0 Å². The topological polar surface area (TPSA) is 3.01 Å². The molecule has 0 bridgehead atoms. The molecule has 3 heteroatoms. The second-order valence-corrected chi connectivity index (χ2v) is 2.70. The van der Waals surface area contributed by atoms with Crippen LogP contribution in [0.1, 0.15) is 5.56 Å². The minimum Gasteiger partial charge on any atom is -0.0622 e. The van der Waals surface area contributed by atoms with Gasteiger partial charge in [0, 0.05) is 5.56 Å². The van der Waals surface area contributed by atoms with E-state index in [-0.39, 0.29) is 0 Å².